The van der Waals surface area contributed by atoms with Gasteiger partial charge in [0.05, 0.1) is 5.69 Å². The minimum Gasteiger partial charge on any atom is -0.490 e. The van der Waals surface area contributed by atoms with Crippen LogP contribution in [0.3, 0.4) is 0 Å². The summed E-state index contributed by atoms with van der Waals surface area (Å²) in [5.74, 6) is -1.90. The number of hydrogen-bond acceptors (Lipinski definition) is 4. The van der Waals surface area contributed by atoms with Crippen LogP contribution in [-0.2, 0) is 9.59 Å². The number of para-hydroxylation sites is 1. The summed E-state index contributed by atoms with van der Waals surface area (Å²) in [6, 6.07) is 11.0. The molecule has 0 saturated carbocycles. The molecular formula is C20H15FN2O4. The molecule has 7 heteroatoms. The highest BCUT2D eigenvalue weighted by atomic mass is 19.1. The standard InChI is InChI=1S/C20H15FN2O4/c1-2-11-27-14-9-7-13(8-10-14)12-15-18(24)22-20(26)23(19(15)25)17-6-4-3-5-16(17)21/h2-10,12H,1,11H2,(H,22,24,26)/b15-12-. The SMILES string of the molecule is C=CCOc1ccc(/C=C2/C(=O)NC(=O)N(c3ccccc3F)C2=O)cc1. The molecule has 0 radical (unpaired) electrons. The maximum Gasteiger partial charge on any atom is 0.336 e. The van der Waals surface area contributed by atoms with E-state index >= 15 is 0 Å². The van der Waals surface area contributed by atoms with Crippen molar-refractivity contribution in [2.75, 3.05) is 11.5 Å². The number of ether oxygens (including phenoxy) is 1. The minimum absolute atomic E-state index is 0.230. The van der Waals surface area contributed by atoms with Crippen molar-refractivity contribution in [1.29, 1.82) is 0 Å². The van der Waals surface area contributed by atoms with Gasteiger partial charge in [0.1, 0.15) is 23.7 Å². The van der Waals surface area contributed by atoms with Gasteiger partial charge in [0.25, 0.3) is 11.8 Å². The molecule has 2 aromatic carbocycles. The van der Waals surface area contributed by atoms with E-state index in [-0.39, 0.29) is 11.3 Å². The zero-order valence-electron chi connectivity index (χ0n) is 14.1. The molecule has 136 valence electrons. The fourth-order valence-corrected chi connectivity index (χ4v) is 2.49. The third-order valence-electron chi connectivity index (χ3n) is 3.75. The van der Waals surface area contributed by atoms with Gasteiger partial charge in [-0.2, -0.15) is 0 Å². The zero-order chi connectivity index (χ0) is 19.4. The number of anilines is 1. The van der Waals surface area contributed by atoms with Crippen LogP contribution in [0.5, 0.6) is 5.75 Å². The van der Waals surface area contributed by atoms with Crippen LogP contribution < -0.4 is 15.0 Å². The number of benzene rings is 2. The lowest BCUT2D eigenvalue weighted by atomic mass is 10.1. The topological polar surface area (TPSA) is 75.7 Å². The Morgan fingerprint density at radius 2 is 1.78 bits per heavy atom. The van der Waals surface area contributed by atoms with Gasteiger partial charge in [0, 0.05) is 0 Å². The Morgan fingerprint density at radius 1 is 1.07 bits per heavy atom. The molecule has 0 aromatic heterocycles. The van der Waals surface area contributed by atoms with Crippen molar-refractivity contribution in [2.45, 2.75) is 0 Å². The summed E-state index contributed by atoms with van der Waals surface area (Å²) in [7, 11) is 0. The molecule has 3 rings (SSSR count). The molecule has 0 spiro atoms. The maximum absolute atomic E-state index is 14.0. The number of nitrogens with one attached hydrogen (secondary N) is 1. The molecule has 4 amide bonds. The average Bonchev–Trinajstić information content (AvgIpc) is 2.66. The van der Waals surface area contributed by atoms with Crippen molar-refractivity contribution in [3.05, 3.63) is 78.1 Å². The van der Waals surface area contributed by atoms with Crippen molar-refractivity contribution in [1.82, 2.24) is 5.32 Å². The third-order valence-corrected chi connectivity index (χ3v) is 3.75. The van der Waals surface area contributed by atoms with Crippen molar-refractivity contribution >= 4 is 29.6 Å². The summed E-state index contributed by atoms with van der Waals surface area (Å²) in [5, 5.41) is 2.05. The number of amides is 4. The fourth-order valence-electron chi connectivity index (χ4n) is 2.49. The highest BCUT2D eigenvalue weighted by Gasteiger charge is 2.37. The van der Waals surface area contributed by atoms with Gasteiger partial charge in [-0.1, -0.05) is 36.9 Å². The summed E-state index contributed by atoms with van der Waals surface area (Å²) in [6.07, 6.45) is 2.93. The Labute approximate surface area is 154 Å². The first-order chi connectivity index (χ1) is 13.0. The maximum atomic E-state index is 14.0. The van der Waals surface area contributed by atoms with Gasteiger partial charge in [-0.05, 0) is 35.9 Å². The van der Waals surface area contributed by atoms with Crippen molar-refractivity contribution < 1.29 is 23.5 Å². The molecule has 1 saturated heterocycles. The number of rotatable bonds is 5. The molecule has 1 N–H and O–H groups in total. The number of carbonyl (C=O) groups excluding carboxylic acids is 3. The number of carbonyl (C=O) groups is 3. The highest BCUT2D eigenvalue weighted by Crippen LogP contribution is 2.24. The van der Waals surface area contributed by atoms with Crippen LogP contribution in [0.1, 0.15) is 5.56 Å². The third kappa shape index (κ3) is 3.77. The van der Waals surface area contributed by atoms with Gasteiger partial charge < -0.3 is 4.74 Å². The van der Waals surface area contributed by atoms with Crippen LogP contribution in [0.2, 0.25) is 0 Å². The lowest BCUT2D eigenvalue weighted by Crippen LogP contribution is -2.54. The molecule has 6 nitrogen and oxygen atoms in total. The highest BCUT2D eigenvalue weighted by molar-refractivity contribution is 6.39. The van der Waals surface area contributed by atoms with E-state index in [0.717, 1.165) is 6.07 Å². The number of urea groups is 1. The number of barbiturate groups is 1. The van der Waals surface area contributed by atoms with Crippen LogP contribution in [0, 0.1) is 5.82 Å². The summed E-state index contributed by atoms with van der Waals surface area (Å²) < 4.78 is 19.4. The number of hydrogen-bond donors (Lipinski definition) is 1. The van der Waals surface area contributed by atoms with Crippen LogP contribution in [0.4, 0.5) is 14.9 Å². The van der Waals surface area contributed by atoms with Gasteiger partial charge in [-0.15, -0.1) is 0 Å². The molecule has 27 heavy (non-hydrogen) atoms. The molecule has 0 bridgehead atoms. The first-order valence-corrected chi connectivity index (χ1v) is 8.01. The van der Waals surface area contributed by atoms with E-state index in [1.54, 1.807) is 30.3 Å². The van der Waals surface area contributed by atoms with E-state index < -0.39 is 23.7 Å². The Morgan fingerprint density at radius 3 is 2.44 bits per heavy atom. The Hall–Kier alpha value is -3.74. The molecule has 0 unspecified atom stereocenters. The number of nitrogens with zero attached hydrogens (tertiary/aromatic N) is 1. The molecule has 1 heterocycles. The van der Waals surface area contributed by atoms with Crippen molar-refractivity contribution in [3.8, 4) is 5.75 Å². The first-order valence-electron chi connectivity index (χ1n) is 8.01. The summed E-state index contributed by atoms with van der Waals surface area (Å²) in [4.78, 5) is 37.5. The summed E-state index contributed by atoms with van der Waals surface area (Å²) in [6.45, 7) is 3.90. The second-order valence-electron chi connectivity index (χ2n) is 5.58. The van der Waals surface area contributed by atoms with Gasteiger partial charge in [0.2, 0.25) is 0 Å². The van der Waals surface area contributed by atoms with E-state index in [2.05, 4.69) is 11.9 Å². The van der Waals surface area contributed by atoms with Gasteiger partial charge in [0.15, 0.2) is 0 Å². The smallest absolute Gasteiger partial charge is 0.336 e. The first kappa shape index (κ1) is 18.1. The molecule has 0 aliphatic carbocycles. The molecule has 1 aliphatic heterocycles. The van der Waals surface area contributed by atoms with E-state index in [1.807, 2.05) is 0 Å². The van der Waals surface area contributed by atoms with E-state index in [4.69, 9.17) is 4.74 Å². The lowest BCUT2D eigenvalue weighted by Gasteiger charge is -2.26. The molecule has 1 fully saturated rings. The molecular weight excluding hydrogens is 351 g/mol. The summed E-state index contributed by atoms with van der Waals surface area (Å²) >= 11 is 0. The Balaban J connectivity index is 1.92. The monoisotopic (exact) mass is 366 g/mol. The number of halogens is 1. The van der Waals surface area contributed by atoms with Crippen LogP contribution in [0.15, 0.2) is 66.8 Å². The second-order valence-corrected chi connectivity index (χ2v) is 5.58. The number of imide groups is 2. The van der Waals surface area contributed by atoms with Gasteiger partial charge in [-0.3, -0.25) is 14.9 Å². The average molecular weight is 366 g/mol. The normalized spacial score (nSPS) is 15.7. The van der Waals surface area contributed by atoms with Crippen molar-refractivity contribution in [3.63, 3.8) is 0 Å². The predicted octanol–water partition coefficient (Wildman–Crippen LogP) is 3.06. The summed E-state index contributed by atoms with van der Waals surface area (Å²) in [5.41, 5.74) is 0.0338. The van der Waals surface area contributed by atoms with E-state index in [0.29, 0.717) is 22.8 Å². The van der Waals surface area contributed by atoms with Crippen LogP contribution in [0.25, 0.3) is 6.08 Å². The van der Waals surface area contributed by atoms with Gasteiger partial charge in [-0.25, -0.2) is 14.1 Å². The predicted molar refractivity (Wildman–Crippen MR) is 97.5 cm³/mol. The molecule has 2 aromatic rings. The Kier molecular flexibility index (Phi) is 5.12. The van der Waals surface area contributed by atoms with Crippen LogP contribution >= 0.6 is 0 Å². The van der Waals surface area contributed by atoms with E-state index in [9.17, 15) is 18.8 Å². The largest absolute Gasteiger partial charge is 0.490 e. The molecule has 1 aliphatic rings. The fraction of sp³-hybridized carbons (Fsp3) is 0.0500. The minimum atomic E-state index is -1.000. The van der Waals surface area contributed by atoms with Crippen LogP contribution in [-0.4, -0.2) is 24.5 Å². The Bertz CT molecular complexity index is 951. The quantitative estimate of drug-likeness (QED) is 0.501. The zero-order valence-corrected chi connectivity index (χ0v) is 14.1. The van der Waals surface area contributed by atoms with Gasteiger partial charge >= 0.3 is 6.03 Å². The lowest BCUT2D eigenvalue weighted by molar-refractivity contribution is -0.122. The van der Waals surface area contributed by atoms with E-state index in [1.165, 1.54) is 24.3 Å². The molecule has 0 atom stereocenters. The van der Waals surface area contributed by atoms with Crippen molar-refractivity contribution in [2.24, 2.45) is 0 Å². The second kappa shape index (κ2) is 7.65.